The highest BCUT2D eigenvalue weighted by atomic mass is 16.1. The van der Waals surface area contributed by atoms with Crippen LogP contribution >= 0.6 is 0 Å². The smallest absolute Gasteiger partial charge is 0.228 e. The van der Waals surface area contributed by atoms with E-state index in [0.717, 1.165) is 42.1 Å². The number of aryl methyl sites for hydroxylation is 2. The Hall–Kier alpha value is -3.38. The number of rotatable bonds is 8. The molecule has 4 rings (SSSR count). The molecule has 0 spiro atoms. The minimum atomic E-state index is -0.0292. The van der Waals surface area contributed by atoms with Gasteiger partial charge >= 0.3 is 0 Å². The van der Waals surface area contributed by atoms with Crippen LogP contribution in [0.4, 0.5) is 11.4 Å². The lowest BCUT2D eigenvalue weighted by Gasteiger charge is -2.19. The molecule has 1 aliphatic heterocycles. The van der Waals surface area contributed by atoms with Gasteiger partial charge in [-0.1, -0.05) is 12.1 Å². The van der Waals surface area contributed by atoms with E-state index in [9.17, 15) is 9.59 Å². The molecule has 1 fully saturated rings. The largest absolute Gasteiger partial charge is 0.370 e. The first-order valence-corrected chi connectivity index (χ1v) is 11.5. The fraction of sp³-hybridized carbons (Fsp3) is 0.333. The van der Waals surface area contributed by atoms with Crippen LogP contribution in [0.3, 0.4) is 0 Å². The van der Waals surface area contributed by atoms with Crippen molar-refractivity contribution >= 4 is 23.1 Å². The van der Waals surface area contributed by atoms with Crippen molar-refractivity contribution < 1.29 is 9.59 Å². The minimum absolute atomic E-state index is 0.0292. The Balaban J connectivity index is 1.30. The molecule has 1 aliphatic rings. The summed E-state index contributed by atoms with van der Waals surface area (Å²) in [5, 5.41) is 6.31. The Morgan fingerprint density at radius 3 is 2.18 bits per heavy atom. The predicted molar refractivity (Wildman–Crippen MR) is 133 cm³/mol. The number of Topliss-reactive ketones (excluding diaryl/α,β-unsaturated/α-hetero) is 1. The molecule has 1 atom stereocenters. The zero-order valence-corrected chi connectivity index (χ0v) is 19.6. The predicted octanol–water partition coefficient (Wildman–Crippen LogP) is 4.03. The molecule has 1 amide bonds. The van der Waals surface area contributed by atoms with E-state index in [-0.39, 0.29) is 11.7 Å². The van der Waals surface area contributed by atoms with Gasteiger partial charge in [0.2, 0.25) is 5.91 Å². The minimum Gasteiger partial charge on any atom is -0.370 e. The Bertz CT molecular complexity index is 1100. The molecule has 1 aromatic heterocycles. The first-order valence-electron chi connectivity index (χ1n) is 11.5. The molecular formula is C27H32N4O2. The monoisotopic (exact) mass is 444 g/mol. The van der Waals surface area contributed by atoms with Gasteiger partial charge in [-0.05, 0) is 81.3 Å². The molecule has 172 valence electrons. The third kappa shape index (κ3) is 5.71. The standard InChI is InChI=1S/C27H32N4O2/c1-19-4-5-20(2)31(19)26-10-6-22(7-11-26)16-27(33)29-23-8-12-25(13-9-23)30-15-14-24(18-30)28-17-21(3)32/h4-13,24,28H,14-18H2,1-3H3,(H,29,33). The molecule has 0 bridgehead atoms. The Morgan fingerprint density at radius 1 is 0.909 bits per heavy atom. The lowest BCUT2D eigenvalue weighted by molar-refractivity contribution is -0.116. The SMILES string of the molecule is CC(=O)CNC1CCN(c2ccc(NC(=O)Cc3ccc(-n4c(C)ccc4C)cc3)cc2)C1. The van der Waals surface area contributed by atoms with Crippen molar-refractivity contribution in [2.45, 2.75) is 39.7 Å². The second-order valence-corrected chi connectivity index (χ2v) is 8.90. The van der Waals surface area contributed by atoms with Gasteiger partial charge in [-0.15, -0.1) is 0 Å². The first-order chi connectivity index (χ1) is 15.9. The van der Waals surface area contributed by atoms with Crippen LogP contribution in [0.25, 0.3) is 5.69 Å². The summed E-state index contributed by atoms with van der Waals surface area (Å²) in [7, 11) is 0. The summed E-state index contributed by atoms with van der Waals surface area (Å²) in [6.45, 7) is 8.06. The number of nitrogens with zero attached hydrogens (tertiary/aromatic N) is 2. The number of anilines is 2. The number of hydrogen-bond donors (Lipinski definition) is 2. The van der Waals surface area contributed by atoms with Crippen molar-refractivity contribution in [1.29, 1.82) is 0 Å². The summed E-state index contributed by atoms with van der Waals surface area (Å²) in [6.07, 6.45) is 1.36. The molecule has 33 heavy (non-hydrogen) atoms. The Labute approximate surface area is 195 Å². The lowest BCUT2D eigenvalue weighted by atomic mass is 10.1. The van der Waals surface area contributed by atoms with Crippen LogP contribution in [0.1, 0.15) is 30.3 Å². The number of amides is 1. The Kier molecular flexibility index (Phi) is 6.94. The van der Waals surface area contributed by atoms with E-state index >= 15 is 0 Å². The molecule has 1 saturated heterocycles. The lowest BCUT2D eigenvalue weighted by Crippen LogP contribution is -2.35. The fourth-order valence-corrected chi connectivity index (χ4v) is 4.43. The summed E-state index contributed by atoms with van der Waals surface area (Å²) in [5.74, 6) is 0.133. The quantitative estimate of drug-likeness (QED) is 0.551. The normalized spacial score (nSPS) is 15.6. The van der Waals surface area contributed by atoms with E-state index in [4.69, 9.17) is 0 Å². The molecule has 2 heterocycles. The maximum absolute atomic E-state index is 12.6. The molecule has 1 unspecified atom stereocenters. The van der Waals surface area contributed by atoms with E-state index in [2.05, 4.69) is 58.2 Å². The molecule has 2 aromatic carbocycles. The van der Waals surface area contributed by atoms with E-state index < -0.39 is 0 Å². The molecular weight excluding hydrogens is 412 g/mol. The van der Waals surface area contributed by atoms with Gasteiger partial charge in [0, 0.05) is 47.6 Å². The second kappa shape index (κ2) is 10.0. The van der Waals surface area contributed by atoms with Crippen molar-refractivity contribution in [3.63, 3.8) is 0 Å². The zero-order chi connectivity index (χ0) is 23.4. The maximum Gasteiger partial charge on any atom is 0.228 e. The summed E-state index contributed by atoms with van der Waals surface area (Å²) in [5.41, 5.74) is 6.40. The fourth-order valence-electron chi connectivity index (χ4n) is 4.43. The van der Waals surface area contributed by atoms with Crippen LogP contribution in [-0.2, 0) is 16.0 Å². The van der Waals surface area contributed by atoms with Gasteiger partial charge < -0.3 is 20.1 Å². The van der Waals surface area contributed by atoms with Gasteiger partial charge in [-0.3, -0.25) is 9.59 Å². The summed E-state index contributed by atoms with van der Waals surface area (Å²) < 4.78 is 2.20. The average molecular weight is 445 g/mol. The van der Waals surface area contributed by atoms with Gasteiger partial charge in [0.05, 0.1) is 13.0 Å². The number of ketones is 1. The van der Waals surface area contributed by atoms with Crippen LogP contribution in [0.15, 0.2) is 60.7 Å². The van der Waals surface area contributed by atoms with E-state index in [0.29, 0.717) is 19.0 Å². The van der Waals surface area contributed by atoms with Crippen LogP contribution in [0, 0.1) is 13.8 Å². The van der Waals surface area contributed by atoms with Crippen molar-refractivity contribution in [3.05, 3.63) is 77.6 Å². The Morgan fingerprint density at radius 2 is 1.55 bits per heavy atom. The zero-order valence-electron chi connectivity index (χ0n) is 19.6. The highest BCUT2D eigenvalue weighted by Crippen LogP contribution is 2.23. The van der Waals surface area contributed by atoms with Crippen LogP contribution in [0.5, 0.6) is 0 Å². The first kappa shape index (κ1) is 22.8. The van der Waals surface area contributed by atoms with Gasteiger partial charge in [0.25, 0.3) is 0 Å². The molecule has 0 radical (unpaired) electrons. The third-order valence-electron chi connectivity index (χ3n) is 6.17. The number of carbonyl (C=O) groups excluding carboxylic acids is 2. The molecule has 6 nitrogen and oxygen atoms in total. The number of aromatic nitrogens is 1. The number of nitrogens with one attached hydrogen (secondary N) is 2. The highest BCUT2D eigenvalue weighted by molar-refractivity contribution is 5.92. The number of benzene rings is 2. The van der Waals surface area contributed by atoms with Gasteiger partial charge in [-0.25, -0.2) is 0 Å². The van der Waals surface area contributed by atoms with Gasteiger partial charge in [-0.2, -0.15) is 0 Å². The highest BCUT2D eigenvalue weighted by Gasteiger charge is 2.22. The molecule has 3 aromatic rings. The van der Waals surface area contributed by atoms with Crippen molar-refractivity contribution in [3.8, 4) is 5.69 Å². The van der Waals surface area contributed by atoms with Crippen LogP contribution < -0.4 is 15.5 Å². The van der Waals surface area contributed by atoms with E-state index in [1.165, 1.54) is 11.4 Å². The van der Waals surface area contributed by atoms with Crippen molar-refractivity contribution in [2.24, 2.45) is 0 Å². The second-order valence-electron chi connectivity index (χ2n) is 8.90. The molecule has 2 N–H and O–H groups in total. The van der Waals surface area contributed by atoms with Crippen LogP contribution in [0.2, 0.25) is 0 Å². The van der Waals surface area contributed by atoms with Crippen LogP contribution in [-0.4, -0.2) is 41.9 Å². The van der Waals surface area contributed by atoms with Crippen molar-refractivity contribution in [2.75, 3.05) is 29.9 Å². The summed E-state index contributed by atoms with van der Waals surface area (Å²) >= 11 is 0. The molecule has 0 saturated carbocycles. The molecule has 0 aliphatic carbocycles. The molecule has 6 heteroatoms. The average Bonchev–Trinajstić information content (AvgIpc) is 3.40. The summed E-state index contributed by atoms with van der Waals surface area (Å²) in [6, 6.07) is 20.7. The number of hydrogen-bond acceptors (Lipinski definition) is 4. The van der Waals surface area contributed by atoms with Crippen molar-refractivity contribution in [1.82, 2.24) is 9.88 Å². The van der Waals surface area contributed by atoms with Gasteiger partial charge in [0.1, 0.15) is 5.78 Å². The van der Waals surface area contributed by atoms with Gasteiger partial charge in [0.15, 0.2) is 0 Å². The van der Waals surface area contributed by atoms with E-state index in [1.54, 1.807) is 6.92 Å². The topological polar surface area (TPSA) is 66.4 Å². The van der Waals surface area contributed by atoms with E-state index in [1.807, 2.05) is 36.4 Å². The third-order valence-corrected chi connectivity index (χ3v) is 6.17. The maximum atomic E-state index is 12.6. The number of carbonyl (C=O) groups is 2. The summed E-state index contributed by atoms with van der Waals surface area (Å²) in [4.78, 5) is 26.0.